The van der Waals surface area contributed by atoms with Crippen molar-refractivity contribution in [2.75, 3.05) is 0 Å². The number of carbonyl (C=O) groups is 1. The number of pyridine rings is 1. The van der Waals surface area contributed by atoms with Gasteiger partial charge in [-0.15, -0.1) is 11.3 Å². The molecule has 166 valence electrons. The molecule has 4 nitrogen and oxygen atoms in total. The third-order valence-electron chi connectivity index (χ3n) is 6.61. The maximum absolute atomic E-state index is 12.4. The first kappa shape index (κ1) is 24.2. The Hall–Kier alpha value is -1.92. The molecule has 1 fully saturated rings. The van der Waals surface area contributed by atoms with E-state index in [0.717, 1.165) is 35.3 Å². The van der Waals surface area contributed by atoms with Crippen LogP contribution in [-0.4, -0.2) is 51.7 Å². The van der Waals surface area contributed by atoms with E-state index >= 15 is 0 Å². The molecule has 1 N–H and O–H groups in total. The minimum atomic E-state index is -0.954. The summed E-state index contributed by atoms with van der Waals surface area (Å²) < 4.78 is 7.58. The first-order valence-corrected chi connectivity index (χ1v) is 12.1. The van der Waals surface area contributed by atoms with Crippen molar-refractivity contribution in [2.45, 2.75) is 52.6 Å². The monoisotopic (exact) mass is 469 g/mol. The number of aromatic nitrogens is 1. The van der Waals surface area contributed by atoms with E-state index in [0.29, 0.717) is 28.3 Å². The predicted octanol–water partition coefficient (Wildman–Crippen LogP) is 6.74. The van der Waals surface area contributed by atoms with Crippen LogP contribution in [0.2, 0.25) is 0 Å². The molecular formula is C27H28NNaO3S. The van der Waals surface area contributed by atoms with Crippen LogP contribution in [0.5, 0.6) is 5.75 Å². The number of rotatable bonds is 4. The normalized spacial score (nSPS) is 18.3. The number of nitrogens with zero attached hydrogens (tertiary/aromatic N) is 1. The Morgan fingerprint density at radius 1 is 1.15 bits per heavy atom. The standard InChI is InChI=1S/C27H27NO3S.Na.H/c1-15-7-6-8-18(13-15)31-22-12-11-16(2)25-24(22)20(27(29)30)14-21(28-25)26-17(3)19-9-4-5-10-23(19)32-26;;/h4-5,9-12,14-15,18H,6-8,13H2,1-3H3,(H,29,30);;/t15-,18+;;/m1../s1. The third kappa shape index (κ3) is 4.57. The molecule has 0 radical (unpaired) electrons. The zero-order chi connectivity index (χ0) is 22.4. The molecule has 2 atom stereocenters. The second kappa shape index (κ2) is 9.75. The first-order chi connectivity index (χ1) is 15.4. The number of thiophene rings is 1. The van der Waals surface area contributed by atoms with Crippen LogP contribution in [0.4, 0.5) is 0 Å². The van der Waals surface area contributed by atoms with Gasteiger partial charge in [-0.3, -0.25) is 0 Å². The van der Waals surface area contributed by atoms with Gasteiger partial charge >= 0.3 is 35.5 Å². The molecule has 0 aliphatic heterocycles. The molecule has 5 rings (SSSR count). The first-order valence-electron chi connectivity index (χ1n) is 11.2. The van der Waals surface area contributed by atoms with E-state index in [-0.39, 0.29) is 41.2 Å². The summed E-state index contributed by atoms with van der Waals surface area (Å²) >= 11 is 1.66. The molecule has 2 heterocycles. The molecule has 0 amide bonds. The zero-order valence-corrected chi connectivity index (χ0v) is 19.5. The van der Waals surface area contributed by atoms with Crippen LogP contribution in [0.3, 0.4) is 0 Å². The molecule has 0 bridgehead atoms. The second-order valence-electron chi connectivity index (χ2n) is 9.03. The van der Waals surface area contributed by atoms with Crippen molar-refractivity contribution in [3.63, 3.8) is 0 Å². The summed E-state index contributed by atoms with van der Waals surface area (Å²) in [5.74, 6) is 0.309. The fourth-order valence-electron chi connectivity index (χ4n) is 4.91. The predicted molar refractivity (Wildman–Crippen MR) is 138 cm³/mol. The van der Waals surface area contributed by atoms with Gasteiger partial charge in [0.15, 0.2) is 0 Å². The zero-order valence-electron chi connectivity index (χ0n) is 18.6. The van der Waals surface area contributed by atoms with E-state index < -0.39 is 5.97 Å². The average molecular weight is 470 g/mol. The van der Waals surface area contributed by atoms with Gasteiger partial charge in [-0.25, -0.2) is 9.78 Å². The second-order valence-corrected chi connectivity index (χ2v) is 10.1. The fourth-order valence-corrected chi connectivity index (χ4v) is 6.08. The summed E-state index contributed by atoms with van der Waals surface area (Å²) in [6.07, 6.45) is 4.51. The summed E-state index contributed by atoms with van der Waals surface area (Å²) in [4.78, 5) is 18.4. The van der Waals surface area contributed by atoms with Crippen LogP contribution >= 0.6 is 11.3 Å². The topological polar surface area (TPSA) is 59.4 Å². The molecule has 1 aliphatic carbocycles. The van der Waals surface area contributed by atoms with E-state index in [1.165, 1.54) is 16.5 Å². The van der Waals surface area contributed by atoms with E-state index in [1.54, 1.807) is 17.4 Å². The Balaban J connectivity index is 0.00000259. The molecule has 0 spiro atoms. The van der Waals surface area contributed by atoms with Crippen molar-refractivity contribution in [1.29, 1.82) is 0 Å². The van der Waals surface area contributed by atoms with Crippen LogP contribution in [-0.2, 0) is 0 Å². The summed E-state index contributed by atoms with van der Waals surface area (Å²) in [5.41, 5.74) is 3.75. The van der Waals surface area contributed by atoms with Gasteiger partial charge in [0.25, 0.3) is 0 Å². The Labute approximate surface area is 220 Å². The van der Waals surface area contributed by atoms with Gasteiger partial charge in [0, 0.05) is 4.70 Å². The third-order valence-corrected chi connectivity index (χ3v) is 7.91. The SMILES string of the molecule is Cc1c(-c2cc(C(=O)O)c3c(O[C@H]4CCC[C@@H](C)C4)ccc(C)c3n2)sc2ccccc12.[NaH]. The maximum atomic E-state index is 12.4. The van der Waals surface area contributed by atoms with Crippen LogP contribution < -0.4 is 4.74 Å². The molecule has 4 aromatic rings. The molecule has 6 heteroatoms. The van der Waals surface area contributed by atoms with Gasteiger partial charge in [0.05, 0.1) is 33.1 Å². The van der Waals surface area contributed by atoms with Gasteiger partial charge in [0.2, 0.25) is 0 Å². The van der Waals surface area contributed by atoms with E-state index in [9.17, 15) is 9.90 Å². The van der Waals surface area contributed by atoms with Crippen molar-refractivity contribution in [3.8, 4) is 16.3 Å². The fraction of sp³-hybridized carbons (Fsp3) is 0.333. The van der Waals surface area contributed by atoms with Gasteiger partial charge < -0.3 is 9.84 Å². The number of aromatic carboxylic acids is 1. The van der Waals surface area contributed by atoms with Crippen LogP contribution in [0.25, 0.3) is 31.6 Å². The number of carboxylic acid groups (broad SMARTS) is 1. The van der Waals surface area contributed by atoms with Crippen molar-refractivity contribution >= 4 is 67.9 Å². The van der Waals surface area contributed by atoms with Crippen LogP contribution in [0, 0.1) is 19.8 Å². The Bertz CT molecular complexity index is 1350. The average Bonchev–Trinajstić information content (AvgIpc) is 3.12. The number of ether oxygens (including phenoxy) is 1. The van der Waals surface area contributed by atoms with E-state index in [4.69, 9.17) is 9.72 Å². The van der Waals surface area contributed by atoms with Gasteiger partial charge in [-0.2, -0.15) is 0 Å². The number of hydrogen-bond acceptors (Lipinski definition) is 4. The Morgan fingerprint density at radius 3 is 2.67 bits per heavy atom. The molecule has 33 heavy (non-hydrogen) atoms. The quantitative estimate of drug-likeness (QED) is 0.336. The number of benzene rings is 2. The molecule has 1 saturated carbocycles. The Morgan fingerprint density at radius 2 is 1.94 bits per heavy atom. The summed E-state index contributed by atoms with van der Waals surface area (Å²) in [6, 6.07) is 13.9. The molecular weight excluding hydrogens is 441 g/mol. The molecule has 1 aliphatic rings. The number of aryl methyl sites for hydroxylation is 2. The van der Waals surface area contributed by atoms with Crippen molar-refractivity contribution in [3.05, 3.63) is 59.2 Å². The number of fused-ring (bicyclic) bond motifs is 2. The minimum absolute atomic E-state index is 0. The van der Waals surface area contributed by atoms with Gasteiger partial charge in [-0.05, 0) is 73.7 Å². The molecule has 2 aromatic carbocycles. The van der Waals surface area contributed by atoms with E-state index in [1.807, 2.05) is 31.2 Å². The van der Waals surface area contributed by atoms with Gasteiger partial charge in [-0.1, -0.05) is 37.6 Å². The van der Waals surface area contributed by atoms with Gasteiger partial charge in [0.1, 0.15) is 5.75 Å². The van der Waals surface area contributed by atoms with Crippen LogP contribution in [0.1, 0.15) is 54.1 Å². The number of hydrogen-bond donors (Lipinski definition) is 1. The summed E-state index contributed by atoms with van der Waals surface area (Å²) in [7, 11) is 0. The Kier molecular flexibility index (Phi) is 7.15. The van der Waals surface area contributed by atoms with Crippen molar-refractivity contribution in [1.82, 2.24) is 4.98 Å². The summed E-state index contributed by atoms with van der Waals surface area (Å²) in [5, 5.41) is 11.9. The number of carboxylic acids is 1. The summed E-state index contributed by atoms with van der Waals surface area (Å²) in [6.45, 7) is 6.32. The van der Waals surface area contributed by atoms with Crippen molar-refractivity contribution in [2.24, 2.45) is 5.92 Å². The molecule has 2 aromatic heterocycles. The molecule has 0 unspecified atom stereocenters. The van der Waals surface area contributed by atoms with E-state index in [2.05, 4.69) is 26.0 Å². The molecule has 0 saturated heterocycles. The van der Waals surface area contributed by atoms with Crippen molar-refractivity contribution < 1.29 is 14.6 Å². The van der Waals surface area contributed by atoms with Crippen LogP contribution in [0.15, 0.2) is 42.5 Å².